The van der Waals surface area contributed by atoms with E-state index in [2.05, 4.69) is 17.3 Å². The van der Waals surface area contributed by atoms with Crippen molar-refractivity contribution in [2.45, 2.75) is 32.8 Å². The van der Waals surface area contributed by atoms with Gasteiger partial charge in [0.15, 0.2) is 0 Å². The Bertz CT molecular complexity index is 1050. The van der Waals surface area contributed by atoms with Gasteiger partial charge in [-0.05, 0) is 55.9 Å². The fourth-order valence-corrected chi connectivity index (χ4v) is 4.94. The molecule has 148 valence electrons. The van der Waals surface area contributed by atoms with Crippen molar-refractivity contribution in [1.29, 1.82) is 0 Å². The summed E-state index contributed by atoms with van der Waals surface area (Å²) in [6.07, 6.45) is 6.70. The summed E-state index contributed by atoms with van der Waals surface area (Å²) in [6, 6.07) is 11.9. The lowest BCUT2D eigenvalue weighted by atomic mass is 9.85. The van der Waals surface area contributed by atoms with Crippen LogP contribution in [0.3, 0.4) is 0 Å². The minimum absolute atomic E-state index is 0.174. The number of carbonyl (C=O) groups excluding carboxylic acids is 2. The maximum atomic E-state index is 12.9. The van der Waals surface area contributed by atoms with E-state index in [1.165, 1.54) is 0 Å². The lowest BCUT2D eigenvalue weighted by Gasteiger charge is -2.23. The van der Waals surface area contributed by atoms with Gasteiger partial charge in [-0.25, -0.2) is 0 Å². The van der Waals surface area contributed by atoms with Gasteiger partial charge in [0, 0.05) is 5.56 Å². The van der Waals surface area contributed by atoms with Crippen LogP contribution in [0.1, 0.15) is 32.8 Å². The van der Waals surface area contributed by atoms with Crippen molar-refractivity contribution >= 4 is 28.8 Å². The first kappa shape index (κ1) is 18.1. The fourth-order valence-electron chi connectivity index (χ4n) is 4.94. The summed E-state index contributed by atoms with van der Waals surface area (Å²) >= 11 is 0. The van der Waals surface area contributed by atoms with Gasteiger partial charge >= 0.3 is 0 Å². The number of ether oxygens (including phenoxy) is 1. The molecule has 5 heteroatoms. The molecule has 0 N–H and O–H groups in total. The summed E-state index contributed by atoms with van der Waals surface area (Å²) in [5.41, 5.74) is 0.392. The predicted molar refractivity (Wildman–Crippen MR) is 111 cm³/mol. The lowest BCUT2D eigenvalue weighted by molar-refractivity contribution is -0.140. The molecule has 1 saturated heterocycles. The lowest BCUT2D eigenvalue weighted by Crippen LogP contribution is -2.28. The Balaban J connectivity index is 1.53. The summed E-state index contributed by atoms with van der Waals surface area (Å²) in [7, 11) is 0. The number of carbonyl (C=O) groups is 2. The van der Waals surface area contributed by atoms with E-state index in [1.54, 1.807) is 6.21 Å². The normalized spacial score (nSPS) is 28.2. The smallest absolute Gasteiger partial charge is 0.254 e. The van der Waals surface area contributed by atoms with Crippen molar-refractivity contribution in [2.24, 2.45) is 28.8 Å². The van der Waals surface area contributed by atoms with E-state index in [-0.39, 0.29) is 41.1 Å². The fraction of sp³-hybridized carbons (Fsp3) is 0.375. The molecule has 3 aliphatic rings. The van der Waals surface area contributed by atoms with Gasteiger partial charge in [-0.2, -0.15) is 10.1 Å². The number of nitrogens with zero attached hydrogens (tertiary/aromatic N) is 2. The minimum Gasteiger partial charge on any atom is -0.487 e. The van der Waals surface area contributed by atoms with Gasteiger partial charge in [0.2, 0.25) is 0 Å². The first-order valence-corrected chi connectivity index (χ1v) is 10.1. The highest BCUT2D eigenvalue weighted by Crippen LogP contribution is 2.52. The Kier molecular flexibility index (Phi) is 3.92. The maximum absolute atomic E-state index is 12.9. The van der Waals surface area contributed by atoms with E-state index >= 15 is 0 Å². The van der Waals surface area contributed by atoms with Gasteiger partial charge < -0.3 is 4.74 Å². The number of benzene rings is 2. The Morgan fingerprint density at radius 1 is 1.00 bits per heavy atom. The molecule has 2 bridgehead atoms. The summed E-state index contributed by atoms with van der Waals surface area (Å²) in [5, 5.41) is 7.49. The molecule has 4 atom stereocenters. The van der Waals surface area contributed by atoms with Crippen molar-refractivity contribution in [3.05, 3.63) is 54.1 Å². The molecule has 1 saturated carbocycles. The number of fused-ring (bicyclic) bond motifs is 6. The van der Waals surface area contributed by atoms with Crippen molar-refractivity contribution in [2.75, 3.05) is 0 Å². The number of hydrazone groups is 1. The molecule has 5 rings (SSSR count). The number of hydrogen-bond donors (Lipinski definition) is 0. The number of imide groups is 1. The molecule has 1 aliphatic heterocycles. The van der Waals surface area contributed by atoms with Gasteiger partial charge in [-0.15, -0.1) is 0 Å². The molecule has 0 unspecified atom stereocenters. The third kappa shape index (κ3) is 2.87. The Morgan fingerprint density at radius 2 is 1.66 bits per heavy atom. The van der Waals surface area contributed by atoms with Crippen molar-refractivity contribution in [1.82, 2.24) is 5.01 Å². The molecule has 0 radical (unpaired) electrons. The highest BCUT2D eigenvalue weighted by molar-refractivity contribution is 6.08. The average molecular weight is 388 g/mol. The average Bonchev–Trinajstić information content (AvgIpc) is 3.35. The van der Waals surface area contributed by atoms with E-state index in [4.69, 9.17) is 4.74 Å². The van der Waals surface area contributed by atoms with Crippen LogP contribution in [0.2, 0.25) is 0 Å². The van der Waals surface area contributed by atoms with E-state index < -0.39 is 0 Å². The van der Waals surface area contributed by atoms with Gasteiger partial charge in [0.1, 0.15) is 11.4 Å². The molecule has 2 aromatic rings. The number of amides is 2. The maximum Gasteiger partial charge on any atom is 0.254 e. The number of rotatable bonds is 3. The zero-order chi connectivity index (χ0) is 20.3. The molecule has 2 aromatic carbocycles. The molecule has 2 fully saturated rings. The van der Waals surface area contributed by atoms with Crippen LogP contribution >= 0.6 is 0 Å². The van der Waals surface area contributed by atoms with E-state index in [0.717, 1.165) is 27.8 Å². The summed E-state index contributed by atoms with van der Waals surface area (Å²) in [5.74, 6) is 0.206. The molecule has 5 nitrogen and oxygen atoms in total. The molecule has 1 heterocycles. The molecule has 0 spiro atoms. The summed E-state index contributed by atoms with van der Waals surface area (Å²) < 4.78 is 6.14. The van der Waals surface area contributed by atoms with Gasteiger partial charge in [0.05, 0.1) is 18.1 Å². The van der Waals surface area contributed by atoms with E-state index in [9.17, 15) is 9.59 Å². The van der Waals surface area contributed by atoms with Crippen LogP contribution in [0.5, 0.6) is 5.75 Å². The van der Waals surface area contributed by atoms with Crippen LogP contribution in [-0.2, 0) is 9.59 Å². The zero-order valence-corrected chi connectivity index (χ0v) is 16.8. The topological polar surface area (TPSA) is 59.0 Å². The molecule has 29 heavy (non-hydrogen) atoms. The molecular weight excluding hydrogens is 364 g/mol. The summed E-state index contributed by atoms with van der Waals surface area (Å²) in [4.78, 5) is 25.8. The van der Waals surface area contributed by atoms with Crippen LogP contribution in [-0.4, -0.2) is 28.6 Å². The van der Waals surface area contributed by atoms with Crippen molar-refractivity contribution in [3.63, 3.8) is 0 Å². The third-order valence-electron chi connectivity index (χ3n) is 6.10. The monoisotopic (exact) mass is 388 g/mol. The first-order chi connectivity index (χ1) is 13.8. The standard InChI is InChI=1S/C24H24N2O3/c1-24(2,3)29-19-11-10-14-6-4-5-7-17(14)18(19)13-25-26-22(27)20-15-8-9-16(12-15)21(20)23(26)28/h4-11,13,15-16,20-21H,12H2,1-3H3/t15-,16-,20-,21+/m0/s1. The third-order valence-corrected chi connectivity index (χ3v) is 6.10. The molecule has 0 aromatic heterocycles. The Morgan fingerprint density at radius 3 is 2.31 bits per heavy atom. The second-order valence-corrected chi connectivity index (χ2v) is 9.15. The Labute approximate surface area is 170 Å². The molecule has 2 aliphatic carbocycles. The highest BCUT2D eigenvalue weighted by Gasteiger charge is 2.59. The molecular formula is C24H24N2O3. The van der Waals surface area contributed by atoms with Crippen LogP contribution in [0.15, 0.2) is 53.7 Å². The number of hydrogen-bond acceptors (Lipinski definition) is 4. The van der Waals surface area contributed by atoms with Crippen molar-refractivity contribution < 1.29 is 14.3 Å². The summed E-state index contributed by atoms with van der Waals surface area (Å²) in [6.45, 7) is 5.96. The van der Waals surface area contributed by atoms with Crippen LogP contribution in [0.25, 0.3) is 10.8 Å². The largest absolute Gasteiger partial charge is 0.487 e. The van der Waals surface area contributed by atoms with E-state index in [1.807, 2.05) is 57.2 Å². The minimum atomic E-state index is -0.383. The highest BCUT2D eigenvalue weighted by atomic mass is 16.5. The quantitative estimate of drug-likeness (QED) is 0.451. The Hall–Kier alpha value is -2.95. The zero-order valence-electron chi connectivity index (χ0n) is 16.8. The van der Waals surface area contributed by atoms with Crippen LogP contribution in [0, 0.1) is 23.7 Å². The predicted octanol–water partition coefficient (Wildman–Crippen LogP) is 4.16. The SMILES string of the molecule is CC(C)(C)Oc1ccc2ccccc2c1C=NN1C(=O)[C@@H]2[C@H](C1=O)[C@H]1C=C[C@H]2C1. The second kappa shape index (κ2) is 6.28. The number of allylic oxidation sites excluding steroid dienone is 2. The van der Waals surface area contributed by atoms with Gasteiger partial charge in [0.25, 0.3) is 11.8 Å². The van der Waals surface area contributed by atoms with Gasteiger partial charge in [-0.3, -0.25) is 9.59 Å². The first-order valence-electron chi connectivity index (χ1n) is 10.1. The molecule has 2 amide bonds. The second-order valence-electron chi connectivity index (χ2n) is 9.15. The van der Waals surface area contributed by atoms with E-state index in [0.29, 0.717) is 5.75 Å². The van der Waals surface area contributed by atoms with Crippen LogP contribution < -0.4 is 4.74 Å². The van der Waals surface area contributed by atoms with Crippen LogP contribution in [0.4, 0.5) is 0 Å². The van der Waals surface area contributed by atoms with Crippen molar-refractivity contribution in [3.8, 4) is 5.75 Å². The van der Waals surface area contributed by atoms with Gasteiger partial charge in [-0.1, -0.05) is 42.5 Å².